The van der Waals surface area contributed by atoms with Gasteiger partial charge >= 0.3 is 6.18 Å². The van der Waals surface area contributed by atoms with Gasteiger partial charge in [-0.1, -0.05) is 43.2 Å². The molecule has 1 aliphatic carbocycles. The van der Waals surface area contributed by atoms with E-state index in [1.54, 1.807) is 0 Å². The molecule has 0 atom stereocenters. The largest absolute Gasteiger partial charge is 0.416 e. The minimum Gasteiger partial charge on any atom is -0.344 e. The summed E-state index contributed by atoms with van der Waals surface area (Å²) in [6.07, 6.45) is 1.81. The second-order valence-corrected chi connectivity index (χ2v) is 6.81. The molecule has 1 saturated carbocycles. The van der Waals surface area contributed by atoms with E-state index in [1.165, 1.54) is 12.1 Å². The third-order valence-corrected chi connectivity index (χ3v) is 5.16. The minimum absolute atomic E-state index is 0.0640. The lowest BCUT2D eigenvalue weighted by Gasteiger charge is -2.12. The fourth-order valence-electron chi connectivity index (χ4n) is 3.86. The summed E-state index contributed by atoms with van der Waals surface area (Å²) >= 11 is 0. The number of fused-ring (bicyclic) bond motifs is 1. The summed E-state index contributed by atoms with van der Waals surface area (Å²) in [4.78, 5) is 13.0. The number of hydrogen-bond donors (Lipinski definition) is 0. The Labute approximate surface area is 149 Å². The van der Waals surface area contributed by atoms with E-state index in [9.17, 15) is 18.0 Å². The zero-order valence-electron chi connectivity index (χ0n) is 14.1. The molecule has 0 aliphatic heterocycles. The van der Waals surface area contributed by atoms with Crippen molar-refractivity contribution >= 4 is 16.7 Å². The quantitative estimate of drug-likeness (QED) is 0.527. The number of halogens is 3. The fraction of sp³-hybridized carbons (Fsp3) is 0.286. The number of benzene rings is 2. The number of carbonyl (C=O) groups excluding carboxylic acids is 1. The van der Waals surface area contributed by atoms with Gasteiger partial charge in [-0.25, -0.2) is 0 Å². The molecule has 134 valence electrons. The molecule has 0 saturated heterocycles. The maximum atomic E-state index is 13.0. The summed E-state index contributed by atoms with van der Waals surface area (Å²) < 4.78 is 41.1. The molecule has 0 radical (unpaired) electrons. The van der Waals surface area contributed by atoms with Gasteiger partial charge in [0.1, 0.15) is 0 Å². The molecule has 1 aliphatic rings. The molecular weight excluding hydrogens is 339 g/mol. The molecule has 0 N–H and O–H groups in total. The fourth-order valence-corrected chi connectivity index (χ4v) is 3.86. The molecular formula is C21H18F3NO. The van der Waals surface area contributed by atoms with Crippen LogP contribution >= 0.6 is 0 Å². The van der Waals surface area contributed by atoms with Crippen molar-refractivity contribution in [3.63, 3.8) is 0 Å². The molecule has 1 heterocycles. The summed E-state index contributed by atoms with van der Waals surface area (Å²) in [5.74, 6) is -0.371. The van der Waals surface area contributed by atoms with Gasteiger partial charge in [-0.05, 0) is 31.0 Å². The molecule has 4 rings (SSSR count). The zero-order chi connectivity index (χ0) is 18.3. The predicted octanol–water partition coefficient (Wildman–Crippen LogP) is 6.01. The van der Waals surface area contributed by atoms with Gasteiger partial charge < -0.3 is 4.57 Å². The van der Waals surface area contributed by atoms with Gasteiger partial charge in [0.05, 0.1) is 5.56 Å². The topological polar surface area (TPSA) is 22.0 Å². The summed E-state index contributed by atoms with van der Waals surface area (Å²) in [6, 6.07) is 12.6. The van der Waals surface area contributed by atoms with Gasteiger partial charge in [-0.3, -0.25) is 4.79 Å². The second kappa shape index (κ2) is 6.31. The van der Waals surface area contributed by atoms with Crippen LogP contribution in [0.3, 0.4) is 0 Å². The highest BCUT2D eigenvalue weighted by Gasteiger charge is 2.31. The number of alkyl halides is 3. The number of hydrogen-bond acceptors (Lipinski definition) is 1. The van der Waals surface area contributed by atoms with Crippen molar-refractivity contribution < 1.29 is 18.0 Å². The van der Waals surface area contributed by atoms with Gasteiger partial charge in [0.2, 0.25) is 0 Å². The lowest BCUT2D eigenvalue weighted by molar-refractivity contribution is -0.137. The van der Waals surface area contributed by atoms with E-state index in [0.29, 0.717) is 11.6 Å². The van der Waals surface area contributed by atoms with Crippen LogP contribution in [0.2, 0.25) is 0 Å². The van der Waals surface area contributed by atoms with Gasteiger partial charge in [0.25, 0.3) is 0 Å². The van der Waals surface area contributed by atoms with Crippen molar-refractivity contribution in [2.45, 2.75) is 37.9 Å². The average molecular weight is 357 g/mol. The molecule has 1 aromatic heterocycles. The summed E-state index contributed by atoms with van der Waals surface area (Å²) in [6.45, 7) is 0. The van der Waals surface area contributed by atoms with E-state index < -0.39 is 11.7 Å². The number of nitrogens with zero attached hydrogens (tertiary/aromatic N) is 1. The number of para-hydroxylation sites is 1. The summed E-state index contributed by atoms with van der Waals surface area (Å²) in [5, 5.41) is 0.793. The highest BCUT2D eigenvalue weighted by atomic mass is 19.4. The molecule has 5 heteroatoms. The lowest BCUT2D eigenvalue weighted by Crippen LogP contribution is -2.08. The molecule has 0 bridgehead atoms. The van der Waals surface area contributed by atoms with Crippen molar-refractivity contribution in [2.75, 3.05) is 0 Å². The Morgan fingerprint density at radius 1 is 1.00 bits per heavy atom. The van der Waals surface area contributed by atoms with Gasteiger partial charge in [-0.15, -0.1) is 0 Å². The normalized spacial score (nSPS) is 15.7. The van der Waals surface area contributed by atoms with Gasteiger partial charge in [-0.2, -0.15) is 13.2 Å². The van der Waals surface area contributed by atoms with Crippen molar-refractivity contribution in [1.29, 1.82) is 0 Å². The average Bonchev–Trinajstić information content (AvgIpc) is 3.28. The maximum absolute atomic E-state index is 13.0. The van der Waals surface area contributed by atoms with Crippen molar-refractivity contribution in [3.05, 3.63) is 71.4 Å². The Hall–Kier alpha value is -2.56. The van der Waals surface area contributed by atoms with Crippen LogP contribution in [0, 0.1) is 0 Å². The van der Waals surface area contributed by atoms with Crippen molar-refractivity contribution in [2.24, 2.45) is 0 Å². The monoisotopic (exact) mass is 357 g/mol. The number of rotatable bonds is 3. The standard InChI is InChI=1S/C21H18F3NO/c22-21(23,24)15-7-5-6-14(12-15)20(26)18-13-25(16-8-1-2-9-16)19-11-4-3-10-17(18)19/h3-7,10-13,16H,1-2,8-9H2. The molecule has 0 spiro atoms. The number of ketones is 1. The van der Waals surface area contributed by atoms with Gasteiger partial charge in [0.15, 0.2) is 5.78 Å². The molecule has 1 fully saturated rings. The molecule has 0 amide bonds. The van der Waals surface area contributed by atoms with Crippen LogP contribution in [-0.2, 0) is 6.18 Å². The van der Waals surface area contributed by atoms with Crippen LogP contribution in [0.4, 0.5) is 13.2 Å². The molecule has 2 nitrogen and oxygen atoms in total. The first kappa shape index (κ1) is 16.9. The maximum Gasteiger partial charge on any atom is 0.416 e. The molecule has 26 heavy (non-hydrogen) atoms. The van der Waals surface area contributed by atoms with E-state index >= 15 is 0 Å². The summed E-state index contributed by atoms with van der Waals surface area (Å²) in [5.41, 5.74) is 0.693. The third-order valence-electron chi connectivity index (χ3n) is 5.16. The first-order valence-electron chi connectivity index (χ1n) is 8.76. The first-order chi connectivity index (χ1) is 12.4. The van der Waals surface area contributed by atoms with Crippen LogP contribution in [0.1, 0.15) is 53.2 Å². The summed E-state index contributed by atoms with van der Waals surface area (Å²) in [7, 11) is 0. The number of aromatic nitrogens is 1. The molecule has 0 unspecified atom stereocenters. The van der Waals surface area contributed by atoms with Crippen molar-refractivity contribution in [1.82, 2.24) is 4.57 Å². The molecule has 2 aromatic carbocycles. The minimum atomic E-state index is -4.46. The Morgan fingerprint density at radius 2 is 1.73 bits per heavy atom. The Kier molecular flexibility index (Phi) is 4.10. The predicted molar refractivity (Wildman–Crippen MR) is 94.3 cm³/mol. The lowest BCUT2D eigenvalue weighted by atomic mass is 10.0. The van der Waals surface area contributed by atoms with E-state index in [4.69, 9.17) is 0 Å². The third kappa shape index (κ3) is 2.91. The Bertz CT molecular complexity index is 965. The Balaban J connectivity index is 1.81. The SMILES string of the molecule is O=C(c1cccc(C(F)(F)F)c1)c1cn(C2CCCC2)c2ccccc12. The van der Waals surface area contributed by atoms with Gasteiger partial charge in [0, 0.05) is 34.3 Å². The van der Waals surface area contributed by atoms with Crippen LogP contribution in [0.15, 0.2) is 54.7 Å². The highest BCUT2D eigenvalue weighted by Crippen LogP contribution is 2.35. The van der Waals surface area contributed by atoms with Crippen LogP contribution < -0.4 is 0 Å². The van der Waals surface area contributed by atoms with Crippen LogP contribution in [0.5, 0.6) is 0 Å². The zero-order valence-corrected chi connectivity index (χ0v) is 14.1. The smallest absolute Gasteiger partial charge is 0.344 e. The van der Waals surface area contributed by atoms with E-state index in [0.717, 1.165) is 48.7 Å². The number of carbonyl (C=O) groups is 1. The van der Waals surface area contributed by atoms with E-state index in [-0.39, 0.29) is 11.3 Å². The molecule has 3 aromatic rings. The first-order valence-corrected chi connectivity index (χ1v) is 8.76. The van der Waals surface area contributed by atoms with E-state index in [2.05, 4.69) is 4.57 Å². The Morgan fingerprint density at radius 3 is 2.46 bits per heavy atom. The van der Waals surface area contributed by atoms with Crippen LogP contribution in [-0.4, -0.2) is 10.4 Å². The highest BCUT2D eigenvalue weighted by molar-refractivity contribution is 6.16. The van der Waals surface area contributed by atoms with Crippen molar-refractivity contribution in [3.8, 4) is 0 Å². The van der Waals surface area contributed by atoms with E-state index in [1.807, 2.05) is 30.5 Å². The van der Waals surface area contributed by atoms with Crippen LogP contribution in [0.25, 0.3) is 10.9 Å². The second-order valence-electron chi connectivity index (χ2n) is 6.81.